The molecule has 2 aromatic carbocycles. The van der Waals surface area contributed by atoms with Crippen LogP contribution in [0.15, 0.2) is 48.1 Å². The number of rotatable bonds is 42. The summed E-state index contributed by atoms with van der Waals surface area (Å²) < 4.78 is 79.4. The van der Waals surface area contributed by atoms with Crippen molar-refractivity contribution in [1.29, 1.82) is 0 Å². The number of Topliss-reactive ketones (excluding diaryl/α,β-unsaturated/α-hetero) is 1. The Morgan fingerprint density at radius 1 is 0.783 bits per heavy atom. The van der Waals surface area contributed by atoms with Gasteiger partial charge >= 0.3 is 18.2 Å². The molecule has 7 amide bonds. The largest absolute Gasteiger partial charge is 0.492 e. The second-order valence-electron chi connectivity index (χ2n) is 31.8. The number of aliphatic hydroxyl groups is 7. The lowest BCUT2D eigenvalue weighted by Crippen LogP contribution is -2.67. The van der Waals surface area contributed by atoms with Crippen molar-refractivity contribution in [2.45, 2.75) is 258 Å². The highest BCUT2D eigenvalue weighted by Crippen LogP contribution is 2.50. The molecule has 0 spiro atoms. The number of carbonyl (C=O) groups excluding carboxylic acids is 9. The van der Waals surface area contributed by atoms with Crippen molar-refractivity contribution in [3.63, 3.8) is 0 Å². The number of allylic oxidation sites excluding steroid dienone is 2. The standard InChI is InChI=1S/C85H119IN8O32S3/c1-15-94(59(101)36-88-83(110)119-38-48-25-27-49(28-26-48)90-78(107)44(6)89-79(108)65(41(2)3)91-58(100)22-20-23-60(102)103)52-39-118-40-56(71(52)113-10)123-75-69(105)66(93-126-61-33-53(97)77(47(9)120-61)128-80(109)62-43(5)64(86)73(76(116-13)72(62)114-11)125-81-70(106)74(115-12)68(104)46(8)122-81)45(7)121-82(75)124-55-21-18-16-17-19-31-85(112)34-54(98)67(92-84(111)117-14)63(55)51(85)30-32-127-129-42(4)24-29-57(99)87-35-50(96)37-95/h16-17,25-28,30,41-42,44-47,50,52-53,55-56,61,63,65-71,74-75,77,81-82,93,95-97,104-106,112H,15,20,22-24,29,32-40H2,1-14H3,(H,87,99)(H,88,110)(H,89,108)(H,90,107)(H,91,100)(H,92,111)(H,102,103)/b17-16-,51-30+/t42?,44-,45?,46?,47?,50?,52?,53?,55-,56?,61?,63?,65-,66?,67?,68?,69?,70?,71?,74?,75?,77?,81?,82?,85-/m0/s1. The number of ketones is 1. The third-order valence-electron chi connectivity index (χ3n) is 22.2. The minimum Gasteiger partial charge on any atom is -0.492 e. The number of carbonyl (C=O) groups is 10. The van der Waals surface area contributed by atoms with Gasteiger partial charge in [0.2, 0.25) is 46.7 Å². The van der Waals surface area contributed by atoms with Crippen LogP contribution in [0.25, 0.3) is 0 Å². The van der Waals surface area contributed by atoms with Crippen molar-refractivity contribution in [3.8, 4) is 40.9 Å². The van der Waals surface area contributed by atoms with Gasteiger partial charge in [-0.1, -0.05) is 96.0 Å². The number of aliphatic hydroxyl groups excluding tert-OH is 6. The molecular formula is C85H119IN8O32S3. The van der Waals surface area contributed by atoms with Gasteiger partial charge in [0, 0.05) is 75.6 Å². The number of nitrogens with one attached hydrogen (secondary N) is 7. The van der Waals surface area contributed by atoms with Crippen molar-refractivity contribution in [2.75, 3.05) is 86.1 Å². The summed E-state index contributed by atoms with van der Waals surface area (Å²) in [6.07, 6.45) is -19.1. The lowest BCUT2D eigenvalue weighted by molar-refractivity contribution is -0.326. The van der Waals surface area contributed by atoms with Gasteiger partial charge in [0.15, 0.2) is 35.5 Å². The van der Waals surface area contributed by atoms with E-state index in [1.807, 2.05) is 29.5 Å². The normalized spacial score (nSPS) is 29.3. The molecule has 2 aliphatic carbocycles. The Hall–Kier alpha value is -7.76. The maximum Gasteiger partial charge on any atom is 0.407 e. The van der Waals surface area contributed by atoms with Gasteiger partial charge in [0.25, 0.3) is 0 Å². The maximum absolute atomic E-state index is 14.7. The molecule has 8 rings (SSSR count). The van der Waals surface area contributed by atoms with E-state index in [1.54, 1.807) is 66.7 Å². The highest BCUT2D eigenvalue weighted by Gasteiger charge is 2.56. The molecule has 44 heteroatoms. The van der Waals surface area contributed by atoms with Gasteiger partial charge in [-0.15, -0.1) is 0 Å². The molecule has 4 aliphatic heterocycles. The fourth-order valence-corrected chi connectivity index (χ4v) is 19.2. The maximum atomic E-state index is 14.7. The number of methoxy groups -OCH3 is 5. The molecule has 2 bridgehead atoms. The third kappa shape index (κ3) is 28.9. The lowest BCUT2D eigenvalue weighted by Gasteiger charge is -2.49. The van der Waals surface area contributed by atoms with Gasteiger partial charge < -0.3 is 139 Å². The second-order valence-corrected chi connectivity index (χ2v) is 36.8. The molecule has 0 aromatic heterocycles. The van der Waals surface area contributed by atoms with Gasteiger partial charge in [-0.25, -0.2) is 9.59 Å². The quantitative estimate of drug-likeness (QED) is 0.0113. The molecule has 25 atom stereocenters. The Morgan fingerprint density at radius 2 is 1.48 bits per heavy atom. The number of anilines is 1. The van der Waals surface area contributed by atoms with Crippen molar-refractivity contribution >= 4 is 120 Å². The number of fused-ring (bicyclic) bond motifs is 2. The summed E-state index contributed by atoms with van der Waals surface area (Å²) >= 11 is 2.73. The zero-order chi connectivity index (χ0) is 94.8. The first-order valence-corrected chi connectivity index (χ1v) is 46.3. The van der Waals surface area contributed by atoms with Crippen LogP contribution in [0, 0.1) is 46.0 Å². The number of likely N-dealkylation sites (N-methyl/N-ethyl adjacent to an activating group) is 1. The predicted octanol–water partition coefficient (Wildman–Crippen LogP) is 1.94. The first-order chi connectivity index (χ1) is 61.3. The topological polar surface area (TPSA) is 549 Å². The molecule has 5 fully saturated rings. The zero-order valence-corrected chi connectivity index (χ0v) is 78.6. The van der Waals surface area contributed by atoms with Crippen LogP contribution in [-0.2, 0) is 92.4 Å². The zero-order valence-electron chi connectivity index (χ0n) is 74.0. The van der Waals surface area contributed by atoms with Crippen molar-refractivity contribution < 1.29 is 155 Å². The van der Waals surface area contributed by atoms with Gasteiger partial charge in [-0.3, -0.25) is 43.2 Å². The summed E-state index contributed by atoms with van der Waals surface area (Å²) in [7, 11) is 9.16. The average Bonchev–Trinajstić information content (AvgIpc) is 0.751. The first-order valence-electron chi connectivity index (χ1n) is 42.0. The fraction of sp³-hybridized carbons (Fsp3) is 0.647. The first kappa shape index (κ1) is 107. The van der Waals surface area contributed by atoms with Crippen LogP contribution < -0.4 is 51.6 Å². The number of hydroxylamine groups is 1. The van der Waals surface area contributed by atoms with Gasteiger partial charge in [-0.2, -0.15) is 5.48 Å². The predicted molar refractivity (Wildman–Crippen MR) is 474 cm³/mol. The smallest absolute Gasteiger partial charge is 0.407 e. The second kappa shape index (κ2) is 50.9. The highest BCUT2D eigenvalue weighted by molar-refractivity contribution is 14.1. The molecule has 4 heterocycles. The monoisotopic (exact) mass is 1990 g/mol. The SMILES string of the molecule is CCN(C(=O)CNC(=O)OCc1ccc(NC(=O)[C@H](C)NC(=O)[C@@H](NC(=O)CCCC(=O)O)C(C)C)cc1)C1COCC(OC2C(O[C@H]3C#C/C=C\C#C[C@]4(O)CC(=O)C(NC(=O)OC)C3/C4=C\CSSC(C)CCC(=O)NCC(O)CO)OC(C)C(NOC3CC(O)C(SC(=O)c4c(C)c(I)c(OC5OC(C)C(O)C(OC)C5O)c(OC)c4OC)C(C)O3)C2O)C1OC. The molecule has 6 aliphatic rings. The van der Waals surface area contributed by atoms with Crippen LogP contribution in [-0.4, -0.2) is 330 Å². The summed E-state index contributed by atoms with van der Waals surface area (Å²) in [5, 5.41) is 102. The minimum atomic E-state index is -2.22. The summed E-state index contributed by atoms with van der Waals surface area (Å²) in [5.74, 6) is 5.40. The van der Waals surface area contributed by atoms with E-state index in [0.29, 0.717) is 26.8 Å². The van der Waals surface area contributed by atoms with Gasteiger partial charge in [0.1, 0.15) is 80.1 Å². The number of nitrogens with zero attached hydrogens (tertiary/aromatic N) is 1. The number of halogens is 1. The Balaban J connectivity index is 1.01. The van der Waals surface area contributed by atoms with E-state index in [4.69, 9.17) is 71.5 Å². The fourth-order valence-electron chi connectivity index (χ4n) is 15.2. The van der Waals surface area contributed by atoms with E-state index in [0.717, 1.165) is 18.9 Å². The highest BCUT2D eigenvalue weighted by atomic mass is 127. The molecule has 0 radical (unpaired) electrons. The van der Waals surface area contributed by atoms with E-state index in [9.17, 15) is 83.7 Å². The van der Waals surface area contributed by atoms with Crippen molar-refractivity contribution in [3.05, 3.63) is 68.3 Å². The van der Waals surface area contributed by atoms with E-state index >= 15 is 0 Å². The Bertz CT molecular complexity index is 4370. The number of ether oxygens (including phenoxy) is 13. The number of hydrogen-bond donors (Lipinski definition) is 15. The molecule has 15 N–H and O–H groups in total. The number of benzene rings is 2. The third-order valence-corrected chi connectivity index (χ3v) is 27.7. The number of amides is 7. The summed E-state index contributed by atoms with van der Waals surface area (Å²) in [6.45, 7) is 12.9. The number of hydrogen-bond acceptors (Lipinski definition) is 35. The molecule has 4 saturated heterocycles. The average molecular weight is 1990 g/mol. The van der Waals surface area contributed by atoms with Crippen LogP contribution in [0.2, 0.25) is 0 Å². The van der Waals surface area contributed by atoms with E-state index in [1.165, 1.54) is 86.1 Å². The minimum absolute atomic E-state index is 0.0174. The number of aliphatic carboxylic acids is 1. The van der Waals surface area contributed by atoms with E-state index < -0.39 is 217 Å². The van der Waals surface area contributed by atoms with Crippen LogP contribution in [0.5, 0.6) is 17.2 Å². The van der Waals surface area contributed by atoms with Gasteiger partial charge in [-0.05, 0) is 124 Å². The summed E-state index contributed by atoms with van der Waals surface area (Å²) in [4.78, 5) is 141. The van der Waals surface area contributed by atoms with Crippen molar-refractivity contribution in [2.24, 2.45) is 11.8 Å². The van der Waals surface area contributed by atoms with Crippen LogP contribution in [0.4, 0.5) is 15.3 Å². The Kier molecular flexibility index (Phi) is 42.1. The number of thioether (sulfide) groups is 1. The number of carboxylic acid groups (broad SMARTS) is 1. The van der Waals surface area contributed by atoms with E-state index in [2.05, 4.69) is 61.1 Å². The Labute approximate surface area is 773 Å². The van der Waals surface area contributed by atoms with Crippen molar-refractivity contribution in [1.82, 2.24) is 37.0 Å². The van der Waals surface area contributed by atoms with Crippen LogP contribution >= 0.6 is 55.9 Å². The summed E-state index contributed by atoms with van der Waals surface area (Å²) in [5.41, 5.74) is 1.98. The molecule has 40 nitrogen and oxygen atoms in total. The summed E-state index contributed by atoms with van der Waals surface area (Å²) in [6, 6.07) is 0.310. The molecular weight excluding hydrogens is 1870 g/mol. The molecule has 2 aromatic rings. The van der Waals surface area contributed by atoms with Crippen LogP contribution in [0.1, 0.15) is 122 Å². The number of alkyl carbamates (subject to hydrolysis) is 2. The lowest BCUT2D eigenvalue weighted by atomic mass is 9.68. The molecule has 21 unspecified atom stereocenters. The van der Waals surface area contributed by atoms with E-state index in [-0.39, 0.29) is 116 Å². The number of carboxylic acids is 1. The molecule has 716 valence electrons. The Morgan fingerprint density at radius 3 is 2.13 bits per heavy atom. The molecule has 1 saturated carbocycles. The van der Waals surface area contributed by atoms with Gasteiger partial charge in [0.05, 0.1) is 105 Å². The van der Waals surface area contributed by atoms with Crippen LogP contribution in [0.3, 0.4) is 0 Å². The molecule has 129 heavy (non-hydrogen) atoms.